The molecule has 3 rings (SSSR count). The van der Waals surface area contributed by atoms with E-state index in [0.29, 0.717) is 11.4 Å². The molecule has 25 heavy (non-hydrogen) atoms. The van der Waals surface area contributed by atoms with Crippen LogP contribution in [0.5, 0.6) is 0 Å². The number of nitrogens with one attached hydrogen (secondary N) is 1. The van der Waals surface area contributed by atoms with E-state index in [1.165, 1.54) is 24.3 Å². The molecule has 1 aliphatic heterocycles. The molecule has 0 bridgehead atoms. The van der Waals surface area contributed by atoms with Crippen LogP contribution < -0.4 is 9.62 Å². The van der Waals surface area contributed by atoms with Gasteiger partial charge < -0.3 is 0 Å². The number of imide groups is 1. The van der Waals surface area contributed by atoms with Crippen LogP contribution in [0.2, 0.25) is 0 Å². The van der Waals surface area contributed by atoms with Crippen LogP contribution in [0.3, 0.4) is 0 Å². The van der Waals surface area contributed by atoms with Crippen molar-refractivity contribution >= 4 is 49.1 Å². The van der Waals surface area contributed by atoms with Crippen molar-refractivity contribution in [1.82, 2.24) is 0 Å². The first-order valence-corrected chi connectivity index (χ1v) is 9.80. The first kappa shape index (κ1) is 17.6. The lowest BCUT2D eigenvalue weighted by molar-refractivity contribution is -0.121. The molecule has 2 amide bonds. The summed E-state index contributed by atoms with van der Waals surface area (Å²) in [5.74, 6) is -0.548. The van der Waals surface area contributed by atoms with Crippen molar-refractivity contribution < 1.29 is 18.0 Å². The Bertz CT molecular complexity index is 939. The Balaban J connectivity index is 1.85. The number of benzene rings is 2. The number of rotatable bonds is 4. The monoisotopic (exact) mass is 422 g/mol. The molecule has 0 spiro atoms. The first-order chi connectivity index (χ1) is 11.8. The van der Waals surface area contributed by atoms with Crippen LogP contribution in [0.1, 0.15) is 18.4 Å². The van der Waals surface area contributed by atoms with Crippen LogP contribution in [0, 0.1) is 6.92 Å². The van der Waals surface area contributed by atoms with Crippen LogP contribution in [-0.4, -0.2) is 20.2 Å². The molecule has 130 valence electrons. The number of carbonyl (C=O) groups is 2. The van der Waals surface area contributed by atoms with E-state index in [9.17, 15) is 18.0 Å². The van der Waals surface area contributed by atoms with E-state index in [1.54, 1.807) is 19.1 Å². The fourth-order valence-electron chi connectivity index (χ4n) is 2.58. The molecule has 0 atom stereocenters. The number of amides is 2. The number of carbonyl (C=O) groups excluding carboxylic acids is 2. The van der Waals surface area contributed by atoms with Crippen LogP contribution in [-0.2, 0) is 19.6 Å². The predicted molar refractivity (Wildman–Crippen MR) is 97.9 cm³/mol. The molecule has 8 heteroatoms. The zero-order chi connectivity index (χ0) is 18.2. The largest absolute Gasteiger partial charge is 0.279 e. The van der Waals surface area contributed by atoms with E-state index < -0.39 is 10.0 Å². The summed E-state index contributed by atoms with van der Waals surface area (Å²) in [4.78, 5) is 24.6. The average Bonchev–Trinajstić information content (AvgIpc) is 2.89. The second-order valence-electron chi connectivity index (χ2n) is 5.68. The molecule has 0 saturated carbocycles. The number of hydrogen-bond donors (Lipinski definition) is 1. The van der Waals surface area contributed by atoms with E-state index in [2.05, 4.69) is 20.7 Å². The van der Waals surface area contributed by atoms with Gasteiger partial charge in [0.1, 0.15) is 0 Å². The maximum atomic E-state index is 12.5. The molecule has 1 saturated heterocycles. The number of sulfonamides is 1. The third-order valence-corrected chi connectivity index (χ3v) is 5.76. The zero-order valence-corrected chi connectivity index (χ0v) is 15.7. The van der Waals surface area contributed by atoms with Gasteiger partial charge in [-0.15, -0.1) is 0 Å². The summed E-state index contributed by atoms with van der Waals surface area (Å²) in [6.07, 6.45) is 0.368. The number of aryl methyl sites for hydroxylation is 1. The van der Waals surface area contributed by atoms with Gasteiger partial charge in [0.25, 0.3) is 10.0 Å². The minimum Gasteiger partial charge on any atom is -0.279 e. The van der Waals surface area contributed by atoms with E-state index in [0.717, 1.165) is 14.9 Å². The molecular formula is C17H15BrN2O4S. The van der Waals surface area contributed by atoms with Gasteiger partial charge in [0.2, 0.25) is 11.8 Å². The normalized spacial score (nSPS) is 14.9. The van der Waals surface area contributed by atoms with E-state index >= 15 is 0 Å². The maximum absolute atomic E-state index is 12.5. The highest BCUT2D eigenvalue weighted by Gasteiger charge is 2.30. The fourth-order valence-corrected chi connectivity index (χ4v) is 4.19. The van der Waals surface area contributed by atoms with Gasteiger partial charge in [-0.3, -0.25) is 19.2 Å². The lowest BCUT2D eigenvalue weighted by Gasteiger charge is -2.15. The minimum atomic E-state index is -3.77. The summed E-state index contributed by atoms with van der Waals surface area (Å²) in [7, 11) is -3.77. The minimum absolute atomic E-state index is 0.0534. The van der Waals surface area contributed by atoms with Crippen LogP contribution in [0.4, 0.5) is 11.4 Å². The third kappa shape index (κ3) is 3.59. The van der Waals surface area contributed by atoms with Crippen molar-refractivity contribution in [3.63, 3.8) is 0 Å². The molecule has 1 aliphatic rings. The fraction of sp³-hybridized carbons (Fsp3) is 0.176. The summed E-state index contributed by atoms with van der Waals surface area (Å²) in [6, 6.07) is 10.9. The smallest absolute Gasteiger partial charge is 0.261 e. The summed E-state index contributed by atoms with van der Waals surface area (Å²) in [5.41, 5.74) is 1.64. The SMILES string of the molecule is Cc1cc(Br)ccc1NS(=O)(=O)c1ccc(N2C(=O)CCC2=O)cc1. The maximum Gasteiger partial charge on any atom is 0.261 e. The molecule has 0 aromatic heterocycles. The van der Waals surface area contributed by atoms with E-state index in [1.807, 2.05) is 6.07 Å². The standard InChI is InChI=1S/C17H15BrN2O4S/c1-11-10-12(18)2-7-15(11)19-25(23,24)14-5-3-13(4-6-14)20-16(21)8-9-17(20)22/h2-7,10,19H,8-9H2,1H3. The third-order valence-electron chi connectivity index (χ3n) is 3.89. The Labute approximate surface area is 154 Å². The van der Waals surface area contributed by atoms with Gasteiger partial charge in [-0.2, -0.15) is 0 Å². The molecule has 1 N–H and O–H groups in total. The van der Waals surface area contributed by atoms with E-state index in [4.69, 9.17) is 0 Å². The molecular weight excluding hydrogens is 408 g/mol. The Morgan fingerprint density at radius 3 is 2.16 bits per heavy atom. The topological polar surface area (TPSA) is 83.6 Å². The number of halogens is 1. The second-order valence-corrected chi connectivity index (χ2v) is 8.28. The van der Waals surface area contributed by atoms with Crippen LogP contribution in [0.15, 0.2) is 51.8 Å². The number of anilines is 2. The summed E-state index contributed by atoms with van der Waals surface area (Å²) in [6.45, 7) is 1.80. The van der Waals surface area contributed by atoms with Gasteiger partial charge in [0.15, 0.2) is 0 Å². The molecule has 0 aliphatic carbocycles. The van der Waals surface area contributed by atoms with Crippen molar-refractivity contribution in [3.8, 4) is 0 Å². The van der Waals surface area contributed by atoms with Gasteiger partial charge in [-0.05, 0) is 55.0 Å². The molecule has 0 radical (unpaired) electrons. The van der Waals surface area contributed by atoms with Crippen molar-refractivity contribution in [2.24, 2.45) is 0 Å². The quantitative estimate of drug-likeness (QED) is 0.766. The van der Waals surface area contributed by atoms with Crippen molar-refractivity contribution in [3.05, 3.63) is 52.5 Å². The molecule has 2 aromatic rings. The summed E-state index contributed by atoms with van der Waals surface area (Å²) < 4.78 is 28.5. The van der Waals surface area contributed by atoms with Gasteiger partial charge >= 0.3 is 0 Å². The van der Waals surface area contributed by atoms with Crippen molar-refractivity contribution in [2.75, 3.05) is 9.62 Å². The Morgan fingerprint density at radius 1 is 1.00 bits per heavy atom. The highest BCUT2D eigenvalue weighted by Crippen LogP contribution is 2.26. The highest BCUT2D eigenvalue weighted by molar-refractivity contribution is 9.10. The Morgan fingerprint density at radius 2 is 1.60 bits per heavy atom. The molecule has 1 fully saturated rings. The molecule has 6 nitrogen and oxygen atoms in total. The number of hydrogen-bond acceptors (Lipinski definition) is 4. The summed E-state index contributed by atoms with van der Waals surface area (Å²) >= 11 is 3.33. The van der Waals surface area contributed by atoms with Gasteiger partial charge in [0, 0.05) is 17.3 Å². The van der Waals surface area contributed by atoms with Crippen molar-refractivity contribution in [2.45, 2.75) is 24.7 Å². The van der Waals surface area contributed by atoms with Crippen LogP contribution >= 0.6 is 15.9 Å². The Hall–Kier alpha value is -2.19. The highest BCUT2D eigenvalue weighted by atomic mass is 79.9. The Kier molecular flexibility index (Phi) is 4.66. The van der Waals surface area contributed by atoms with Gasteiger partial charge in [-0.25, -0.2) is 8.42 Å². The zero-order valence-electron chi connectivity index (χ0n) is 13.3. The summed E-state index contributed by atoms with van der Waals surface area (Å²) in [5, 5.41) is 0. The average molecular weight is 423 g/mol. The first-order valence-electron chi connectivity index (χ1n) is 7.53. The second kappa shape index (κ2) is 6.61. The van der Waals surface area contributed by atoms with Crippen LogP contribution in [0.25, 0.3) is 0 Å². The lowest BCUT2D eigenvalue weighted by atomic mass is 10.2. The molecule has 2 aromatic carbocycles. The van der Waals surface area contributed by atoms with E-state index in [-0.39, 0.29) is 29.6 Å². The van der Waals surface area contributed by atoms with Gasteiger partial charge in [0.05, 0.1) is 16.3 Å². The molecule has 1 heterocycles. The molecule has 0 unspecified atom stereocenters. The lowest BCUT2D eigenvalue weighted by Crippen LogP contribution is -2.28. The van der Waals surface area contributed by atoms with Gasteiger partial charge in [-0.1, -0.05) is 15.9 Å². The number of nitrogens with zero attached hydrogens (tertiary/aromatic N) is 1. The van der Waals surface area contributed by atoms with Crippen molar-refractivity contribution in [1.29, 1.82) is 0 Å². The predicted octanol–water partition coefficient (Wildman–Crippen LogP) is 3.21.